The molecule has 0 bridgehead atoms. The van der Waals surface area contributed by atoms with E-state index in [1.807, 2.05) is 77.6 Å². The number of hydrogen-bond donors (Lipinski definition) is 0. The Kier molecular flexibility index (Phi) is 6.27. The first-order valence-electron chi connectivity index (χ1n) is 10.1. The first-order valence-corrected chi connectivity index (χ1v) is 11.5. The number of thioether (sulfide) groups is 1. The zero-order valence-corrected chi connectivity index (χ0v) is 18.9. The van der Waals surface area contributed by atoms with Gasteiger partial charge in [-0.15, -0.1) is 10.2 Å². The maximum Gasteiger partial charge on any atom is 0.212 e. The van der Waals surface area contributed by atoms with Crippen molar-refractivity contribution in [2.24, 2.45) is 5.10 Å². The maximum atomic E-state index is 5.97. The quantitative estimate of drug-likeness (QED) is 0.236. The van der Waals surface area contributed by atoms with E-state index in [1.165, 1.54) is 0 Å². The van der Waals surface area contributed by atoms with Gasteiger partial charge in [0.05, 0.1) is 11.9 Å². The third-order valence-electron chi connectivity index (χ3n) is 4.80. The van der Waals surface area contributed by atoms with Crippen LogP contribution >= 0.6 is 23.4 Å². The van der Waals surface area contributed by atoms with E-state index in [4.69, 9.17) is 16.7 Å². The van der Waals surface area contributed by atoms with Crippen LogP contribution in [0.15, 0.2) is 102 Å². The van der Waals surface area contributed by atoms with E-state index in [9.17, 15) is 0 Å². The molecule has 5 aromatic rings. The molecular weight excluding hydrogens is 454 g/mol. The molecule has 0 amide bonds. The molecule has 5 rings (SSSR count). The molecule has 0 N–H and O–H groups in total. The monoisotopic (exact) mass is 471 g/mol. The van der Waals surface area contributed by atoms with Gasteiger partial charge in [0.15, 0.2) is 0 Å². The first-order chi connectivity index (χ1) is 16.3. The Balaban J connectivity index is 1.42. The highest BCUT2D eigenvalue weighted by Gasteiger charge is 2.12. The van der Waals surface area contributed by atoms with Crippen molar-refractivity contribution in [1.29, 1.82) is 0 Å². The molecule has 0 atom stereocenters. The molecule has 0 aliphatic rings. The van der Waals surface area contributed by atoms with Crippen molar-refractivity contribution in [3.8, 4) is 16.9 Å². The SMILES string of the molecule is Clc1ccc(CSc2nncn2/N=C/c2cn(-c3ccccc3)nc2-c2cccnc2)cc1. The molecule has 0 aliphatic heterocycles. The van der Waals surface area contributed by atoms with Crippen LogP contribution in [-0.4, -0.2) is 35.9 Å². The number of para-hydroxylation sites is 1. The normalized spacial score (nSPS) is 11.3. The minimum atomic E-state index is 0.694. The van der Waals surface area contributed by atoms with Crippen molar-refractivity contribution >= 4 is 29.6 Å². The lowest BCUT2D eigenvalue weighted by molar-refractivity contribution is 0.767. The number of rotatable bonds is 7. The third-order valence-corrected chi connectivity index (χ3v) is 6.06. The molecule has 0 aliphatic carbocycles. The highest BCUT2D eigenvalue weighted by Crippen LogP contribution is 2.24. The van der Waals surface area contributed by atoms with E-state index >= 15 is 0 Å². The highest BCUT2D eigenvalue weighted by atomic mass is 35.5. The third kappa shape index (κ3) is 5.02. The summed E-state index contributed by atoms with van der Waals surface area (Å²) in [6.07, 6.45) is 8.84. The van der Waals surface area contributed by atoms with E-state index in [1.54, 1.807) is 41.4 Å². The largest absolute Gasteiger partial charge is 0.264 e. The van der Waals surface area contributed by atoms with Gasteiger partial charge in [-0.25, -0.2) is 4.68 Å². The summed E-state index contributed by atoms with van der Waals surface area (Å²) in [5, 5.41) is 19.0. The molecule has 3 aromatic heterocycles. The first kappa shape index (κ1) is 21.1. The number of nitrogens with zero attached hydrogens (tertiary/aromatic N) is 7. The predicted molar refractivity (Wildman–Crippen MR) is 131 cm³/mol. The average Bonchev–Trinajstić information content (AvgIpc) is 3.50. The van der Waals surface area contributed by atoms with Gasteiger partial charge in [0, 0.05) is 40.5 Å². The van der Waals surface area contributed by atoms with E-state index in [0.717, 1.165) is 38.8 Å². The zero-order chi connectivity index (χ0) is 22.5. The molecular formula is C24H18ClN7S. The fraction of sp³-hybridized carbons (Fsp3) is 0.0417. The van der Waals surface area contributed by atoms with E-state index in [-0.39, 0.29) is 0 Å². The van der Waals surface area contributed by atoms with Gasteiger partial charge in [-0.3, -0.25) is 4.98 Å². The summed E-state index contributed by atoms with van der Waals surface area (Å²) in [5.74, 6) is 0.734. The van der Waals surface area contributed by atoms with Crippen LogP contribution in [0.25, 0.3) is 16.9 Å². The Labute approximate surface area is 199 Å². The van der Waals surface area contributed by atoms with Crippen molar-refractivity contribution in [2.75, 3.05) is 0 Å². The second-order valence-corrected chi connectivity index (χ2v) is 8.45. The summed E-state index contributed by atoms with van der Waals surface area (Å²) in [6, 6.07) is 21.6. The van der Waals surface area contributed by atoms with Gasteiger partial charge in [-0.2, -0.15) is 14.9 Å². The van der Waals surface area contributed by atoms with E-state index < -0.39 is 0 Å². The van der Waals surface area contributed by atoms with E-state index in [2.05, 4.69) is 20.3 Å². The van der Waals surface area contributed by atoms with Crippen LogP contribution in [0.2, 0.25) is 5.02 Å². The average molecular weight is 472 g/mol. The Morgan fingerprint density at radius 1 is 1.00 bits per heavy atom. The van der Waals surface area contributed by atoms with Crippen molar-refractivity contribution < 1.29 is 0 Å². The molecule has 9 heteroatoms. The molecule has 2 aromatic carbocycles. The minimum Gasteiger partial charge on any atom is -0.264 e. The summed E-state index contributed by atoms with van der Waals surface area (Å²) in [6.45, 7) is 0. The van der Waals surface area contributed by atoms with Crippen molar-refractivity contribution in [3.05, 3.63) is 108 Å². The number of pyridine rings is 1. The molecule has 0 radical (unpaired) electrons. The Bertz CT molecular complexity index is 1360. The lowest BCUT2D eigenvalue weighted by Gasteiger charge is -2.02. The van der Waals surface area contributed by atoms with Gasteiger partial charge in [-0.1, -0.05) is 53.7 Å². The molecule has 0 saturated heterocycles. The lowest BCUT2D eigenvalue weighted by Crippen LogP contribution is -1.94. The van der Waals surface area contributed by atoms with Gasteiger partial charge in [0.2, 0.25) is 5.16 Å². The number of hydrogen-bond acceptors (Lipinski definition) is 6. The smallest absolute Gasteiger partial charge is 0.212 e. The standard InChI is InChI=1S/C24H18ClN7S/c25-21-10-8-18(9-11-21)16-33-24-29-27-17-32(24)28-14-20-15-31(22-6-2-1-3-7-22)30-23(20)19-5-4-12-26-13-19/h1-15,17H,16H2/b28-14+. The zero-order valence-electron chi connectivity index (χ0n) is 17.4. The molecule has 3 heterocycles. The van der Waals surface area contributed by atoms with Gasteiger partial charge >= 0.3 is 0 Å². The maximum absolute atomic E-state index is 5.97. The summed E-state index contributed by atoms with van der Waals surface area (Å²) in [7, 11) is 0. The topological polar surface area (TPSA) is 73.8 Å². The van der Waals surface area contributed by atoms with Crippen molar-refractivity contribution in [1.82, 2.24) is 29.6 Å². The second kappa shape index (κ2) is 9.81. The lowest BCUT2D eigenvalue weighted by atomic mass is 10.1. The Morgan fingerprint density at radius 3 is 2.64 bits per heavy atom. The summed E-state index contributed by atoms with van der Waals surface area (Å²) in [4.78, 5) is 4.24. The molecule has 162 valence electrons. The molecule has 33 heavy (non-hydrogen) atoms. The molecule has 0 unspecified atom stereocenters. The molecule has 7 nitrogen and oxygen atoms in total. The van der Waals surface area contributed by atoms with Crippen molar-refractivity contribution in [2.45, 2.75) is 10.9 Å². The summed E-state index contributed by atoms with van der Waals surface area (Å²) >= 11 is 7.52. The summed E-state index contributed by atoms with van der Waals surface area (Å²) in [5.41, 5.74) is 4.67. The Morgan fingerprint density at radius 2 is 1.85 bits per heavy atom. The van der Waals surface area contributed by atoms with Crippen LogP contribution in [-0.2, 0) is 5.75 Å². The van der Waals surface area contributed by atoms with Crippen LogP contribution in [0, 0.1) is 0 Å². The van der Waals surface area contributed by atoms with Gasteiger partial charge in [-0.05, 0) is 42.0 Å². The second-order valence-electron chi connectivity index (χ2n) is 7.07. The highest BCUT2D eigenvalue weighted by molar-refractivity contribution is 7.98. The number of benzene rings is 2. The van der Waals surface area contributed by atoms with Gasteiger partial charge in [0.1, 0.15) is 12.0 Å². The van der Waals surface area contributed by atoms with E-state index in [0.29, 0.717) is 5.16 Å². The molecule has 0 saturated carbocycles. The minimum absolute atomic E-state index is 0.694. The van der Waals surface area contributed by atoms with Crippen LogP contribution in [0.1, 0.15) is 11.1 Å². The van der Waals surface area contributed by atoms with Crippen LogP contribution in [0.5, 0.6) is 0 Å². The van der Waals surface area contributed by atoms with Crippen molar-refractivity contribution in [3.63, 3.8) is 0 Å². The van der Waals surface area contributed by atoms with Gasteiger partial charge < -0.3 is 0 Å². The number of halogens is 1. The van der Waals surface area contributed by atoms with Crippen LogP contribution in [0.4, 0.5) is 0 Å². The van der Waals surface area contributed by atoms with Gasteiger partial charge in [0.25, 0.3) is 0 Å². The molecule has 0 fully saturated rings. The predicted octanol–water partition coefficient (Wildman–Crippen LogP) is 5.35. The summed E-state index contributed by atoms with van der Waals surface area (Å²) < 4.78 is 3.50. The fourth-order valence-corrected chi connectivity index (χ4v) is 4.11. The fourth-order valence-electron chi connectivity index (χ4n) is 3.17. The number of aromatic nitrogens is 6. The van der Waals surface area contributed by atoms with Crippen LogP contribution in [0.3, 0.4) is 0 Å². The molecule has 0 spiro atoms. The Hall–Kier alpha value is -3.75. The van der Waals surface area contributed by atoms with Crippen LogP contribution < -0.4 is 0 Å².